The largest absolute Gasteiger partial charge is 0.454 e. The van der Waals surface area contributed by atoms with Crippen LogP contribution >= 0.6 is 0 Å². The average molecular weight is 379 g/mol. The second-order valence-electron chi connectivity index (χ2n) is 10.1. The second kappa shape index (κ2) is 8.41. The second-order valence-corrected chi connectivity index (χ2v) is 10.1. The third-order valence-corrected chi connectivity index (χ3v) is 8.34. The van der Waals surface area contributed by atoms with Crippen molar-refractivity contribution in [2.75, 3.05) is 26.2 Å². The highest BCUT2D eigenvalue weighted by atomic mass is 16.6. The molecule has 2 saturated heterocycles. The Balaban J connectivity index is 1.45. The minimum atomic E-state index is -1.23. The van der Waals surface area contributed by atoms with Crippen LogP contribution in [-0.4, -0.2) is 53.4 Å². The number of nitrogens with zero attached hydrogens (tertiary/aromatic N) is 1. The molecule has 154 valence electrons. The summed E-state index contributed by atoms with van der Waals surface area (Å²) >= 11 is 0. The fraction of sp³-hybridized carbons (Fsp3) is 0.957. The Labute approximate surface area is 165 Å². The van der Waals surface area contributed by atoms with Crippen LogP contribution in [0.3, 0.4) is 0 Å². The van der Waals surface area contributed by atoms with E-state index in [-0.39, 0.29) is 23.9 Å². The van der Waals surface area contributed by atoms with Crippen molar-refractivity contribution in [1.82, 2.24) is 0 Å². The van der Waals surface area contributed by atoms with Crippen LogP contribution in [0.15, 0.2) is 0 Å². The van der Waals surface area contributed by atoms with Crippen molar-refractivity contribution in [3.05, 3.63) is 0 Å². The predicted molar refractivity (Wildman–Crippen MR) is 106 cm³/mol. The van der Waals surface area contributed by atoms with Crippen LogP contribution in [0.5, 0.6) is 0 Å². The standard InChI is InChI=1S/C23H40NO3/c25-22(27-21-14-17-24(18-21)15-8-3-9-16-24)23(26,19-10-4-1-5-11-19)20-12-6-2-7-13-20/h19-21,26H,1-18H2/q+1. The number of piperidine rings is 1. The van der Waals surface area contributed by atoms with Crippen molar-refractivity contribution < 1.29 is 19.1 Å². The first-order valence-electron chi connectivity index (χ1n) is 11.9. The number of quaternary nitrogens is 1. The van der Waals surface area contributed by atoms with Gasteiger partial charge in [-0.2, -0.15) is 0 Å². The summed E-state index contributed by atoms with van der Waals surface area (Å²) in [6, 6.07) is 0. The van der Waals surface area contributed by atoms with E-state index in [4.69, 9.17) is 4.74 Å². The summed E-state index contributed by atoms with van der Waals surface area (Å²) in [5.74, 6) is -0.0360. The summed E-state index contributed by atoms with van der Waals surface area (Å²) in [6.45, 7) is 4.65. The number of aliphatic hydroxyl groups is 1. The van der Waals surface area contributed by atoms with Crippen LogP contribution in [0.4, 0.5) is 0 Å². The molecule has 0 aromatic heterocycles. The maximum absolute atomic E-state index is 13.4. The number of ether oxygens (including phenoxy) is 1. The summed E-state index contributed by atoms with van der Waals surface area (Å²) < 4.78 is 7.26. The van der Waals surface area contributed by atoms with Gasteiger partial charge in [-0.15, -0.1) is 0 Å². The van der Waals surface area contributed by atoms with Gasteiger partial charge in [0.25, 0.3) is 0 Å². The van der Waals surface area contributed by atoms with Crippen LogP contribution in [0.2, 0.25) is 0 Å². The van der Waals surface area contributed by atoms with E-state index in [1.54, 1.807) is 0 Å². The maximum Gasteiger partial charge on any atom is 0.339 e. The highest BCUT2D eigenvalue weighted by Gasteiger charge is 2.53. The van der Waals surface area contributed by atoms with Gasteiger partial charge in [0, 0.05) is 6.42 Å². The molecule has 0 radical (unpaired) electrons. The van der Waals surface area contributed by atoms with E-state index in [0.717, 1.165) is 75.4 Å². The molecule has 0 amide bonds. The molecule has 2 aliphatic carbocycles. The van der Waals surface area contributed by atoms with Gasteiger partial charge in [-0.05, 0) is 56.8 Å². The zero-order valence-corrected chi connectivity index (χ0v) is 17.2. The molecular formula is C23H40NO3+. The fourth-order valence-corrected chi connectivity index (χ4v) is 6.72. The number of carbonyl (C=O) groups excluding carboxylic acids is 1. The lowest BCUT2D eigenvalue weighted by atomic mass is 9.66. The quantitative estimate of drug-likeness (QED) is 0.589. The molecule has 1 N–H and O–H groups in total. The number of rotatable bonds is 4. The Hall–Kier alpha value is -0.610. The first-order chi connectivity index (χ1) is 13.1. The lowest BCUT2D eigenvalue weighted by Crippen LogP contribution is -2.55. The van der Waals surface area contributed by atoms with Gasteiger partial charge in [-0.3, -0.25) is 0 Å². The van der Waals surface area contributed by atoms with E-state index in [1.165, 1.54) is 45.2 Å². The lowest BCUT2D eigenvalue weighted by Gasteiger charge is -2.43. The molecule has 2 saturated carbocycles. The summed E-state index contributed by atoms with van der Waals surface area (Å²) in [6.07, 6.45) is 16.0. The van der Waals surface area contributed by atoms with Crippen molar-refractivity contribution in [3.8, 4) is 0 Å². The Morgan fingerprint density at radius 1 is 0.741 bits per heavy atom. The molecule has 0 bridgehead atoms. The Morgan fingerprint density at radius 2 is 1.26 bits per heavy atom. The van der Waals surface area contributed by atoms with Gasteiger partial charge < -0.3 is 14.3 Å². The highest BCUT2D eigenvalue weighted by Crippen LogP contribution is 2.44. The first kappa shape index (κ1) is 19.7. The lowest BCUT2D eigenvalue weighted by molar-refractivity contribution is -0.922. The zero-order valence-electron chi connectivity index (χ0n) is 17.2. The van der Waals surface area contributed by atoms with E-state index in [2.05, 4.69) is 0 Å². The highest BCUT2D eigenvalue weighted by molar-refractivity contribution is 5.80. The molecule has 4 rings (SSSR count). The summed E-state index contributed by atoms with van der Waals surface area (Å²) in [5.41, 5.74) is -1.23. The van der Waals surface area contributed by atoms with Gasteiger partial charge in [-0.25, -0.2) is 4.79 Å². The molecule has 0 aromatic rings. The summed E-state index contributed by atoms with van der Waals surface area (Å²) in [4.78, 5) is 13.4. The first-order valence-corrected chi connectivity index (χ1v) is 11.9. The number of esters is 1. The molecule has 1 spiro atoms. The van der Waals surface area contributed by atoms with Gasteiger partial charge in [0.05, 0.1) is 19.6 Å². The van der Waals surface area contributed by atoms with Gasteiger partial charge in [0.2, 0.25) is 0 Å². The Kier molecular flexibility index (Phi) is 6.13. The van der Waals surface area contributed by atoms with E-state index < -0.39 is 5.60 Å². The van der Waals surface area contributed by atoms with Gasteiger partial charge >= 0.3 is 5.97 Å². The predicted octanol–water partition coefficient (Wildman–Crippen LogP) is 4.19. The molecule has 2 heterocycles. The molecule has 4 heteroatoms. The van der Waals surface area contributed by atoms with E-state index in [9.17, 15) is 9.90 Å². The molecule has 27 heavy (non-hydrogen) atoms. The van der Waals surface area contributed by atoms with Crippen LogP contribution < -0.4 is 0 Å². The number of hydrogen-bond donors (Lipinski definition) is 1. The van der Waals surface area contributed by atoms with Crippen molar-refractivity contribution >= 4 is 5.97 Å². The smallest absolute Gasteiger partial charge is 0.339 e. The Bertz CT molecular complexity index is 484. The topological polar surface area (TPSA) is 46.5 Å². The van der Waals surface area contributed by atoms with Crippen molar-refractivity contribution in [3.63, 3.8) is 0 Å². The van der Waals surface area contributed by atoms with E-state index in [1.807, 2.05) is 0 Å². The molecule has 4 aliphatic rings. The average Bonchev–Trinajstić information content (AvgIpc) is 3.10. The van der Waals surface area contributed by atoms with Gasteiger partial charge in [-0.1, -0.05) is 38.5 Å². The van der Waals surface area contributed by atoms with Crippen molar-refractivity contribution in [2.45, 2.75) is 102 Å². The molecule has 4 nitrogen and oxygen atoms in total. The monoisotopic (exact) mass is 378 g/mol. The molecule has 1 atom stereocenters. The minimum Gasteiger partial charge on any atom is -0.454 e. The van der Waals surface area contributed by atoms with Gasteiger partial charge in [0.15, 0.2) is 11.7 Å². The molecule has 0 aromatic carbocycles. The van der Waals surface area contributed by atoms with Crippen molar-refractivity contribution in [2.24, 2.45) is 11.8 Å². The van der Waals surface area contributed by atoms with E-state index in [0.29, 0.717) is 0 Å². The summed E-state index contributed by atoms with van der Waals surface area (Å²) in [5, 5.41) is 11.8. The minimum absolute atomic E-state index is 0.0225. The number of hydrogen-bond acceptors (Lipinski definition) is 3. The maximum atomic E-state index is 13.4. The molecule has 4 fully saturated rings. The van der Waals surface area contributed by atoms with E-state index >= 15 is 0 Å². The summed E-state index contributed by atoms with van der Waals surface area (Å²) in [7, 11) is 0. The van der Waals surface area contributed by atoms with Crippen LogP contribution in [-0.2, 0) is 9.53 Å². The molecule has 2 aliphatic heterocycles. The fourth-order valence-electron chi connectivity index (χ4n) is 6.72. The Morgan fingerprint density at radius 3 is 1.81 bits per heavy atom. The van der Waals surface area contributed by atoms with Crippen molar-refractivity contribution in [1.29, 1.82) is 0 Å². The molecule has 1 unspecified atom stereocenters. The van der Waals surface area contributed by atoms with Gasteiger partial charge in [0.1, 0.15) is 6.54 Å². The van der Waals surface area contributed by atoms with Crippen LogP contribution in [0, 0.1) is 11.8 Å². The SMILES string of the molecule is O=C(OC1CC[N+]2(CCCCC2)C1)C(O)(C1CCCCC1)C1CCCCC1. The van der Waals surface area contributed by atoms with Crippen LogP contribution in [0.25, 0.3) is 0 Å². The van der Waals surface area contributed by atoms with Crippen LogP contribution in [0.1, 0.15) is 89.9 Å². The third kappa shape index (κ3) is 4.07. The zero-order chi connectivity index (χ0) is 18.7. The number of carbonyl (C=O) groups is 1. The molecular weight excluding hydrogens is 338 g/mol. The normalized spacial score (nSPS) is 30.5. The third-order valence-electron chi connectivity index (χ3n) is 8.34.